The van der Waals surface area contributed by atoms with Gasteiger partial charge in [-0.15, -0.1) is 0 Å². The first-order valence-corrected chi connectivity index (χ1v) is 14.1. The molecule has 41 heavy (non-hydrogen) atoms. The molecule has 0 fully saturated rings. The Morgan fingerprint density at radius 1 is 0.366 bits per heavy atom. The first kappa shape index (κ1) is 22.4. The van der Waals surface area contributed by atoms with Crippen LogP contribution in [0.3, 0.4) is 0 Å². The average molecular weight is 521 g/mol. The molecular formula is C39H24N2. The minimum Gasteiger partial charge on any atom is -0.309 e. The maximum Gasteiger partial charge on any atom is 0.0794 e. The fourth-order valence-electron chi connectivity index (χ4n) is 6.70. The van der Waals surface area contributed by atoms with Crippen LogP contribution in [0.15, 0.2) is 146 Å². The summed E-state index contributed by atoms with van der Waals surface area (Å²) < 4.78 is 2.37. The molecule has 0 aliphatic carbocycles. The summed E-state index contributed by atoms with van der Waals surface area (Å²) in [4.78, 5) is 5.34. The summed E-state index contributed by atoms with van der Waals surface area (Å²) in [5, 5.41) is 9.69. The highest BCUT2D eigenvalue weighted by Crippen LogP contribution is 2.40. The second kappa shape index (κ2) is 8.51. The van der Waals surface area contributed by atoms with Gasteiger partial charge in [0.25, 0.3) is 0 Å². The van der Waals surface area contributed by atoms with E-state index in [1.165, 1.54) is 65.3 Å². The van der Waals surface area contributed by atoms with Crippen LogP contribution in [0.2, 0.25) is 0 Å². The number of pyridine rings is 1. The highest BCUT2D eigenvalue weighted by atomic mass is 15.0. The van der Waals surface area contributed by atoms with Gasteiger partial charge in [-0.3, -0.25) is 0 Å². The van der Waals surface area contributed by atoms with E-state index in [0.29, 0.717) is 0 Å². The van der Waals surface area contributed by atoms with Crippen LogP contribution < -0.4 is 0 Å². The van der Waals surface area contributed by atoms with E-state index in [2.05, 4.69) is 150 Å². The number of rotatable bonds is 2. The molecule has 0 bridgehead atoms. The maximum atomic E-state index is 5.34. The molecule has 0 saturated heterocycles. The molecule has 2 heteroatoms. The number of para-hydroxylation sites is 2. The Morgan fingerprint density at radius 2 is 0.829 bits per heavy atom. The third-order valence-corrected chi connectivity index (χ3v) is 8.56. The van der Waals surface area contributed by atoms with Crippen LogP contribution in [0.1, 0.15) is 0 Å². The van der Waals surface area contributed by atoms with Gasteiger partial charge < -0.3 is 4.57 Å². The van der Waals surface area contributed by atoms with Crippen LogP contribution in [0.5, 0.6) is 0 Å². The van der Waals surface area contributed by atoms with Gasteiger partial charge in [0.2, 0.25) is 0 Å². The quantitative estimate of drug-likeness (QED) is 0.164. The molecule has 0 aliphatic heterocycles. The molecule has 2 aromatic heterocycles. The molecule has 190 valence electrons. The van der Waals surface area contributed by atoms with E-state index in [1.54, 1.807) is 0 Å². The first-order valence-electron chi connectivity index (χ1n) is 14.1. The van der Waals surface area contributed by atoms with Crippen LogP contribution >= 0.6 is 0 Å². The zero-order valence-corrected chi connectivity index (χ0v) is 22.3. The monoisotopic (exact) mass is 520 g/mol. The van der Waals surface area contributed by atoms with E-state index < -0.39 is 0 Å². The third kappa shape index (κ3) is 3.22. The molecular weight excluding hydrogens is 496 g/mol. The minimum atomic E-state index is 1.05. The second-order valence-electron chi connectivity index (χ2n) is 10.8. The van der Waals surface area contributed by atoms with Gasteiger partial charge in [-0.1, -0.05) is 121 Å². The molecule has 0 amide bonds. The van der Waals surface area contributed by atoms with E-state index in [0.717, 1.165) is 16.7 Å². The van der Waals surface area contributed by atoms with E-state index in [4.69, 9.17) is 4.98 Å². The highest BCUT2D eigenvalue weighted by molar-refractivity contribution is 6.21. The van der Waals surface area contributed by atoms with Crippen molar-refractivity contribution in [3.8, 4) is 16.8 Å². The Kier molecular flexibility index (Phi) is 4.64. The smallest absolute Gasteiger partial charge is 0.0794 e. The largest absolute Gasteiger partial charge is 0.309 e. The lowest BCUT2D eigenvalue weighted by Gasteiger charge is -2.15. The highest BCUT2D eigenvalue weighted by Gasteiger charge is 2.16. The Balaban J connectivity index is 1.34. The van der Waals surface area contributed by atoms with Crippen LogP contribution in [-0.4, -0.2) is 9.55 Å². The van der Waals surface area contributed by atoms with Crippen molar-refractivity contribution in [2.75, 3.05) is 0 Å². The van der Waals surface area contributed by atoms with Crippen molar-refractivity contribution >= 4 is 65.2 Å². The summed E-state index contributed by atoms with van der Waals surface area (Å²) in [5.41, 5.74) is 8.12. The fraction of sp³-hybridized carbons (Fsp3) is 0. The summed E-state index contributed by atoms with van der Waals surface area (Å²) in [6.45, 7) is 0. The summed E-state index contributed by atoms with van der Waals surface area (Å²) in [5.74, 6) is 0. The molecule has 0 atom stereocenters. The number of hydrogen-bond donors (Lipinski definition) is 0. The van der Waals surface area contributed by atoms with Crippen LogP contribution in [0.4, 0.5) is 0 Å². The van der Waals surface area contributed by atoms with Crippen LogP contribution in [0, 0.1) is 0 Å². The minimum absolute atomic E-state index is 1.05. The van der Waals surface area contributed by atoms with Crippen molar-refractivity contribution in [3.63, 3.8) is 0 Å². The molecule has 9 aromatic rings. The second-order valence-corrected chi connectivity index (χ2v) is 10.8. The fourth-order valence-corrected chi connectivity index (χ4v) is 6.70. The summed E-state index contributed by atoms with van der Waals surface area (Å²) in [6, 6.07) is 52.5. The molecule has 2 heterocycles. The topological polar surface area (TPSA) is 17.8 Å². The molecule has 0 unspecified atom stereocenters. The number of nitrogens with zero attached hydrogens (tertiary/aromatic N) is 2. The number of benzene rings is 7. The predicted octanol–water partition coefficient (Wildman–Crippen LogP) is 10.5. The summed E-state index contributed by atoms with van der Waals surface area (Å²) in [7, 11) is 0. The number of fused-ring (bicyclic) bond motifs is 9. The molecule has 0 aliphatic rings. The standard InChI is InChI=1S/C39H24N2/c1-3-11-29-25(9-1)19-23-33-37(34-24-20-26-10-2-4-12-30(26)39(34)40-38(29)33)27-17-21-28(22-18-27)41-35-15-7-5-13-31(35)32-14-6-8-16-36(32)41/h1-24H. The zero-order chi connectivity index (χ0) is 26.9. The average Bonchev–Trinajstić information content (AvgIpc) is 3.38. The normalized spacial score (nSPS) is 11.9. The molecule has 2 nitrogen and oxygen atoms in total. The third-order valence-electron chi connectivity index (χ3n) is 8.56. The Hall–Kier alpha value is -5.47. The van der Waals surface area contributed by atoms with Crippen molar-refractivity contribution < 1.29 is 0 Å². The van der Waals surface area contributed by atoms with E-state index in [1.807, 2.05) is 0 Å². The molecule has 9 rings (SSSR count). The van der Waals surface area contributed by atoms with Gasteiger partial charge in [-0.2, -0.15) is 0 Å². The number of hydrogen-bond acceptors (Lipinski definition) is 1. The Morgan fingerprint density at radius 3 is 1.37 bits per heavy atom. The van der Waals surface area contributed by atoms with E-state index in [9.17, 15) is 0 Å². The Labute approximate surface area is 236 Å². The molecule has 7 aromatic carbocycles. The van der Waals surface area contributed by atoms with Crippen molar-refractivity contribution in [3.05, 3.63) is 146 Å². The van der Waals surface area contributed by atoms with Gasteiger partial charge in [0.05, 0.1) is 22.1 Å². The van der Waals surface area contributed by atoms with Gasteiger partial charge in [0, 0.05) is 43.6 Å². The molecule has 0 radical (unpaired) electrons. The van der Waals surface area contributed by atoms with Gasteiger partial charge in [0.15, 0.2) is 0 Å². The molecule has 0 saturated carbocycles. The van der Waals surface area contributed by atoms with Gasteiger partial charge in [-0.05, 0) is 40.6 Å². The van der Waals surface area contributed by atoms with Crippen molar-refractivity contribution in [1.82, 2.24) is 9.55 Å². The van der Waals surface area contributed by atoms with Crippen LogP contribution in [0.25, 0.3) is 82.0 Å². The SMILES string of the molecule is c1ccc2c(c1)ccc1c(-c3ccc(-n4c5ccccc5c5ccccc54)cc3)c3ccc4ccccc4c3nc12. The molecule has 0 N–H and O–H groups in total. The maximum absolute atomic E-state index is 5.34. The Bertz CT molecular complexity index is 2320. The summed E-state index contributed by atoms with van der Waals surface area (Å²) in [6.07, 6.45) is 0. The zero-order valence-electron chi connectivity index (χ0n) is 22.3. The van der Waals surface area contributed by atoms with Gasteiger partial charge >= 0.3 is 0 Å². The van der Waals surface area contributed by atoms with Crippen molar-refractivity contribution in [2.45, 2.75) is 0 Å². The van der Waals surface area contributed by atoms with Crippen molar-refractivity contribution in [2.24, 2.45) is 0 Å². The molecule has 0 spiro atoms. The lowest BCUT2D eigenvalue weighted by Crippen LogP contribution is -1.95. The lowest BCUT2D eigenvalue weighted by atomic mass is 9.92. The van der Waals surface area contributed by atoms with Gasteiger partial charge in [-0.25, -0.2) is 4.98 Å². The first-order chi connectivity index (χ1) is 20.3. The van der Waals surface area contributed by atoms with E-state index in [-0.39, 0.29) is 0 Å². The van der Waals surface area contributed by atoms with E-state index >= 15 is 0 Å². The number of aromatic nitrogens is 2. The predicted molar refractivity (Wildman–Crippen MR) is 174 cm³/mol. The van der Waals surface area contributed by atoms with Gasteiger partial charge in [0.1, 0.15) is 0 Å². The summed E-state index contributed by atoms with van der Waals surface area (Å²) >= 11 is 0. The van der Waals surface area contributed by atoms with Crippen molar-refractivity contribution in [1.29, 1.82) is 0 Å². The lowest BCUT2D eigenvalue weighted by molar-refractivity contribution is 1.18. The van der Waals surface area contributed by atoms with Crippen LogP contribution in [-0.2, 0) is 0 Å².